The second-order valence-corrected chi connectivity index (χ2v) is 5.76. The van der Waals surface area contributed by atoms with E-state index in [1.807, 2.05) is 0 Å². The van der Waals surface area contributed by atoms with Gasteiger partial charge in [-0.2, -0.15) is 0 Å². The third-order valence-electron chi connectivity index (χ3n) is 3.99. The summed E-state index contributed by atoms with van der Waals surface area (Å²) >= 11 is 0. The van der Waals surface area contributed by atoms with Crippen molar-refractivity contribution in [1.29, 1.82) is 0 Å². The fraction of sp³-hybridized carbons (Fsp3) is 0.438. The summed E-state index contributed by atoms with van der Waals surface area (Å²) in [4.78, 5) is 36.0. The Balaban J connectivity index is 2.16. The van der Waals surface area contributed by atoms with E-state index in [1.54, 1.807) is 0 Å². The summed E-state index contributed by atoms with van der Waals surface area (Å²) in [5.41, 5.74) is -0.380. The van der Waals surface area contributed by atoms with Crippen LogP contribution >= 0.6 is 0 Å². The third-order valence-corrected chi connectivity index (χ3v) is 3.99. The normalized spacial score (nSPS) is 18.3. The Bertz CT molecular complexity index is 645. The third kappa shape index (κ3) is 4.06. The molecule has 2 N–H and O–H groups in total. The van der Waals surface area contributed by atoms with Gasteiger partial charge in [-0.15, -0.1) is 0 Å². The molecule has 2 rings (SSSR count). The Kier molecular flexibility index (Phi) is 5.48. The van der Waals surface area contributed by atoms with Gasteiger partial charge in [-0.3, -0.25) is 14.4 Å². The number of nitrogens with one attached hydrogen (secondary N) is 1. The first-order chi connectivity index (χ1) is 11.3. The molecule has 0 aromatic heterocycles. The zero-order valence-electron chi connectivity index (χ0n) is 13.1. The van der Waals surface area contributed by atoms with Crippen molar-refractivity contribution in [2.75, 3.05) is 13.1 Å². The summed E-state index contributed by atoms with van der Waals surface area (Å²) in [7, 11) is 0. The molecule has 0 spiro atoms. The van der Waals surface area contributed by atoms with Crippen LogP contribution in [-0.4, -0.2) is 40.9 Å². The van der Waals surface area contributed by atoms with Crippen LogP contribution in [0.2, 0.25) is 0 Å². The number of aliphatic carboxylic acids is 1. The lowest BCUT2D eigenvalue weighted by Gasteiger charge is -2.22. The zero-order valence-corrected chi connectivity index (χ0v) is 13.1. The van der Waals surface area contributed by atoms with Gasteiger partial charge in [-0.05, 0) is 18.6 Å². The van der Waals surface area contributed by atoms with Crippen LogP contribution in [0.5, 0.6) is 0 Å². The largest absolute Gasteiger partial charge is 0.481 e. The molecular weight excluding hydrogens is 322 g/mol. The highest BCUT2D eigenvalue weighted by Gasteiger charge is 2.33. The molecule has 1 aliphatic rings. The predicted octanol–water partition coefficient (Wildman–Crippen LogP) is 1.47. The van der Waals surface area contributed by atoms with Gasteiger partial charge in [0.05, 0.1) is 18.4 Å². The van der Waals surface area contributed by atoms with Crippen molar-refractivity contribution >= 4 is 17.8 Å². The number of nitrogens with zero attached hydrogens (tertiary/aromatic N) is 1. The molecule has 130 valence electrons. The van der Waals surface area contributed by atoms with Gasteiger partial charge in [-0.1, -0.05) is 6.07 Å². The van der Waals surface area contributed by atoms with Gasteiger partial charge >= 0.3 is 5.97 Å². The SMILES string of the molecule is CC(=O)N[C@@H](CC(=O)N1CC[C@H](C(=O)O)C1)c1c(F)cccc1F. The van der Waals surface area contributed by atoms with E-state index in [1.165, 1.54) is 17.9 Å². The maximum atomic E-state index is 14.0. The lowest BCUT2D eigenvalue weighted by Crippen LogP contribution is -2.36. The van der Waals surface area contributed by atoms with Crippen LogP contribution in [0.25, 0.3) is 0 Å². The lowest BCUT2D eigenvalue weighted by atomic mass is 10.0. The quantitative estimate of drug-likeness (QED) is 0.850. The maximum absolute atomic E-state index is 14.0. The fourth-order valence-corrected chi connectivity index (χ4v) is 2.81. The molecule has 1 aromatic rings. The van der Waals surface area contributed by atoms with Gasteiger partial charge in [0.2, 0.25) is 11.8 Å². The molecule has 2 amide bonds. The smallest absolute Gasteiger partial charge is 0.308 e. The minimum absolute atomic E-state index is 0.0563. The number of hydrogen-bond donors (Lipinski definition) is 2. The zero-order chi connectivity index (χ0) is 17.9. The van der Waals surface area contributed by atoms with E-state index in [2.05, 4.69) is 5.32 Å². The summed E-state index contributed by atoms with van der Waals surface area (Å²) in [6, 6.07) is 2.14. The second kappa shape index (κ2) is 7.37. The topological polar surface area (TPSA) is 86.7 Å². The van der Waals surface area contributed by atoms with Crippen LogP contribution in [0.1, 0.15) is 31.4 Å². The monoisotopic (exact) mass is 340 g/mol. The summed E-state index contributed by atoms with van der Waals surface area (Å²) in [6.45, 7) is 1.51. The first-order valence-corrected chi connectivity index (χ1v) is 7.51. The molecule has 2 atom stereocenters. The maximum Gasteiger partial charge on any atom is 0.308 e. The van der Waals surface area contributed by atoms with Crippen LogP contribution in [0.3, 0.4) is 0 Å². The van der Waals surface area contributed by atoms with Gasteiger partial charge in [0.25, 0.3) is 0 Å². The van der Waals surface area contributed by atoms with E-state index < -0.39 is 41.4 Å². The van der Waals surface area contributed by atoms with Gasteiger partial charge in [0, 0.05) is 25.6 Å². The van der Waals surface area contributed by atoms with Crippen molar-refractivity contribution in [1.82, 2.24) is 10.2 Å². The average molecular weight is 340 g/mol. The van der Waals surface area contributed by atoms with Crippen molar-refractivity contribution in [3.8, 4) is 0 Å². The number of carbonyl (C=O) groups excluding carboxylic acids is 2. The highest BCUT2D eigenvalue weighted by Crippen LogP contribution is 2.26. The molecule has 1 saturated heterocycles. The predicted molar refractivity (Wildman–Crippen MR) is 79.9 cm³/mol. The number of rotatable bonds is 5. The van der Waals surface area contributed by atoms with Crippen LogP contribution in [0.4, 0.5) is 8.78 Å². The molecule has 1 heterocycles. The first kappa shape index (κ1) is 17.8. The highest BCUT2D eigenvalue weighted by molar-refractivity contribution is 5.80. The Morgan fingerprint density at radius 2 is 1.96 bits per heavy atom. The summed E-state index contributed by atoms with van der Waals surface area (Å²) < 4.78 is 27.9. The van der Waals surface area contributed by atoms with Crippen LogP contribution < -0.4 is 5.32 Å². The second-order valence-electron chi connectivity index (χ2n) is 5.76. The number of carbonyl (C=O) groups is 3. The molecule has 6 nitrogen and oxygen atoms in total. The van der Waals surface area contributed by atoms with Crippen LogP contribution in [-0.2, 0) is 14.4 Å². The van der Waals surface area contributed by atoms with Crippen molar-refractivity contribution in [2.45, 2.75) is 25.8 Å². The molecule has 0 aliphatic carbocycles. The average Bonchev–Trinajstić information content (AvgIpc) is 2.96. The Morgan fingerprint density at radius 3 is 2.46 bits per heavy atom. The van der Waals surface area contributed by atoms with Crippen molar-refractivity contribution < 1.29 is 28.3 Å². The first-order valence-electron chi connectivity index (χ1n) is 7.51. The molecule has 0 saturated carbocycles. The van der Waals surface area contributed by atoms with E-state index in [9.17, 15) is 23.2 Å². The fourth-order valence-electron chi connectivity index (χ4n) is 2.81. The minimum atomic E-state index is -1.15. The van der Waals surface area contributed by atoms with Crippen molar-refractivity contribution in [3.63, 3.8) is 0 Å². The van der Waals surface area contributed by atoms with Crippen LogP contribution in [0, 0.1) is 17.6 Å². The van der Waals surface area contributed by atoms with Crippen molar-refractivity contribution in [2.24, 2.45) is 5.92 Å². The van der Waals surface area contributed by atoms with Crippen molar-refractivity contribution in [3.05, 3.63) is 35.4 Å². The number of likely N-dealkylation sites (tertiary alicyclic amines) is 1. The van der Waals surface area contributed by atoms with E-state index in [0.717, 1.165) is 12.1 Å². The molecule has 1 aliphatic heterocycles. The summed E-state index contributed by atoms with van der Waals surface area (Å²) in [5, 5.41) is 11.4. The number of carboxylic acids is 1. The molecule has 0 bridgehead atoms. The summed E-state index contributed by atoms with van der Waals surface area (Å²) in [5.74, 6) is -4.32. The van der Waals surface area contributed by atoms with Gasteiger partial charge < -0.3 is 15.3 Å². The highest BCUT2D eigenvalue weighted by atomic mass is 19.1. The Hall–Kier alpha value is -2.51. The number of hydrogen-bond acceptors (Lipinski definition) is 3. The number of benzene rings is 1. The molecule has 1 aromatic carbocycles. The standard InChI is InChI=1S/C16H18F2N2O4/c1-9(21)19-13(15-11(17)3-2-4-12(15)18)7-14(22)20-6-5-10(8-20)16(23)24/h2-4,10,13H,5-8H2,1H3,(H,19,21)(H,23,24)/t10-,13-/m0/s1. The Labute approximate surface area is 137 Å². The number of carboxylic acid groups (broad SMARTS) is 1. The molecule has 1 fully saturated rings. The van der Waals surface area contributed by atoms with Crippen LogP contribution in [0.15, 0.2) is 18.2 Å². The molecule has 24 heavy (non-hydrogen) atoms. The van der Waals surface area contributed by atoms with E-state index >= 15 is 0 Å². The molecule has 0 radical (unpaired) electrons. The lowest BCUT2D eigenvalue weighted by molar-refractivity contribution is -0.141. The Morgan fingerprint density at radius 1 is 1.33 bits per heavy atom. The van der Waals surface area contributed by atoms with Gasteiger partial charge in [0.1, 0.15) is 11.6 Å². The molecule has 0 unspecified atom stereocenters. The molecular formula is C16H18F2N2O4. The minimum Gasteiger partial charge on any atom is -0.481 e. The van der Waals surface area contributed by atoms with E-state index in [0.29, 0.717) is 6.42 Å². The number of halogens is 2. The van der Waals surface area contributed by atoms with E-state index in [4.69, 9.17) is 5.11 Å². The van der Waals surface area contributed by atoms with E-state index in [-0.39, 0.29) is 25.1 Å². The van der Waals surface area contributed by atoms with Gasteiger partial charge in [-0.25, -0.2) is 8.78 Å². The molecule has 8 heteroatoms. The summed E-state index contributed by atoms with van der Waals surface area (Å²) in [6.07, 6.45) is -0.0102. The van der Waals surface area contributed by atoms with Gasteiger partial charge in [0.15, 0.2) is 0 Å². The number of amides is 2.